The average Bonchev–Trinajstić information content (AvgIpc) is 2.37. The highest BCUT2D eigenvalue weighted by Crippen LogP contribution is 2.19. The zero-order valence-electron chi connectivity index (χ0n) is 10.1. The van der Waals surface area contributed by atoms with E-state index >= 15 is 0 Å². The van der Waals surface area contributed by atoms with Crippen LogP contribution in [0.4, 0.5) is 5.82 Å². The highest BCUT2D eigenvalue weighted by Gasteiger charge is 2.20. The highest BCUT2D eigenvalue weighted by atomic mass is 79.9. The van der Waals surface area contributed by atoms with E-state index in [-0.39, 0.29) is 0 Å². The maximum absolute atomic E-state index is 5.73. The second-order valence-corrected chi connectivity index (χ2v) is 5.00. The van der Waals surface area contributed by atoms with Gasteiger partial charge in [-0.3, -0.25) is 0 Å². The number of hydrogen-bond donors (Lipinski definition) is 0. The number of piperidine rings is 1. The fraction of sp³-hybridized carbons (Fsp3) is 0.667. The molecular weight excluding hydrogens is 282 g/mol. The van der Waals surface area contributed by atoms with Gasteiger partial charge in [-0.2, -0.15) is 0 Å². The van der Waals surface area contributed by atoms with Crippen LogP contribution in [0.15, 0.2) is 12.3 Å². The first-order valence-electron chi connectivity index (χ1n) is 6.02. The summed E-state index contributed by atoms with van der Waals surface area (Å²) in [6, 6.07) is 1.98. The van der Waals surface area contributed by atoms with Crippen molar-refractivity contribution in [3.8, 4) is 0 Å². The second kappa shape index (κ2) is 6.31. The molecular formula is C12H18BrN3O. The molecule has 1 aromatic rings. The lowest BCUT2D eigenvalue weighted by Gasteiger charge is -2.32. The topological polar surface area (TPSA) is 38.2 Å². The Morgan fingerprint density at radius 3 is 2.88 bits per heavy atom. The second-order valence-electron chi connectivity index (χ2n) is 4.21. The molecule has 17 heavy (non-hydrogen) atoms. The van der Waals surface area contributed by atoms with Crippen molar-refractivity contribution in [2.45, 2.75) is 25.9 Å². The van der Waals surface area contributed by atoms with Crippen molar-refractivity contribution in [1.82, 2.24) is 9.97 Å². The molecule has 0 aliphatic carbocycles. The minimum Gasteiger partial charge on any atom is -0.377 e. The third-order valence-electron chi connectivity index (χ3n) is 2.96. The molecule has 0 spiro atoms. The lowest BCUT2D eigenvalue weighted by molar-refractivity contribution is 0.0480. The van der Waals surface area contributed by atoms with Gasteiger partial charge in [0.25, 0.3) is 0 Å². The van der Waals surface area contributed by atoms with Gasteiger partial charge in [-0.25, -0.2) is 9.97 Å². The summed E-state index contributed by atoms with van der Waals surface area (Å²) in [5, 5.41) is 0.915. The molecule has 1 aliphatic heterocycles. The number of aryl methyl sites for hydroxylation is 1. The molecule has 0 aromatic carbocycles. The number of anilines is 1. The zero-order chi connectivity index (χ0) is 12.1. The van der Waals surface area contributed by atoms with Gasteiger partial charge >= 0.3 is 0 Å². The minimum atomic E-state index is 0.409. The van der Waals surface area contributed by atoms with Crippen molar-refractivity contribution < 1.29 is 4.74 Å². The monoisotopic (exact) mass is 299 g/mol. The van der Waals surface area contributed by atoms with Gasteiger partial charge in [0.05, 0.1) is 12.7 Å². The van der Waals surface area contributed by atoms with E-state index in [0.717, 1.165) is 49.5 Å². The molecule has 2 heterocycles. The molecule has 0 N–H and O–H groups in total. The number of nitrogens with zero attached hydrogens (tertiary/aromatic N) is 3. The molecule has 5 heteroatoms. The average molecular weight is 300 g/mol. The molecule has 0 atom stereocenters. The van der Waals surface area contributed by atoms with Crippen LogP contribution < -0.4 is 4.90 Å². The van der Waals surface area contributed by atoms with E-state index in [2.05, 4.69) is 30.8 Å². The van der Waals surface area contributed by atoms with Crippen molar-refractivity contribution in [2.75, 3.05) is 29.9 Å². The van der Waals surface area contributed by atoms with Crippen LogP contribution in [0.25, 0.3) is 0 Å². The van der Waals surface area contributed by atoms with Crippen molar-refractivity contribution in [1.29, 1.82) is 0 Å². The number of halogens is 1. The van der Waals surface area contributed by atoms with E-state index in [0.29, 0.717) is 6.10 Å². The van der Waals surface area contributed by atoms with Crippen molar-refractivity contribution in [2.24, 2.45) is 0 Å². The van der Waals surface area contributed by atoms with E-state index in [1.807, 2.05) is 19.2 Å². The predicted octanol–water partition coefficient (Wildman–Crippen LogP) is 2.17. The first-order valence-corrected chi connectivity index (χ1v) is 7.14. The quantitative estimate of drug-likeness (QED) is 0.799. The summed E-state index contributed by atoms with van der Waals surface area (Å²) >= 11 is 3.38. The molecule has 0 saturated carbocycles. The summed E-state index contributed by atoms with van der Waals surface area (Å²) in [6.45, 7) is 4.76. The minimum absolute atomic E-state index is 0.409. The molecule has 1 aromatic heterocycles. The lowest BCUT2D eigenvalue weighted by atomic mass is 10.1. The Labute approximate surface area is 111 Å². The lowest BCUT2D eigenvalue weighted by Crippen LogP contribution is -2.37. The molecule has 0 amide bonds. The molecule has 1 saturated heterocycles. The molecule has 94 valence electrons. The fourth-order valence-electron chi connectivity index (χ4n) is 2.08. The molecule has 4 nitrogen and oxygen atoms in total. The summed E-state index contributed by atoms with van der Waals surface area (Å²) in [7, 11) is 0. The summed E-state index contributed by atoms with van der Waals surface area (Å²) in [5.74, 6) is 1.87. The number of hydrogen-bond acceptors (Lipinski definition) is 4. The van der Waals surface area contributed by atoms with Crippen LogP contribution in [0.3, 0.4) is 0 Å². The Morgan fingerprint density at radius 2 is 2.24 bits per heavy atom. The SMILES string of the molecule is Cc1nccc(N2CCC(OCCBr)CC2)n1. The van der Waals surface area contributed by atoms with Gasteiger partial charge in [-0.1, -0.05) is 15.9 Å². The molecule has 2 rings (SSSR count). The third kappa shape index (κ3) is 3.64. The van der Waals surface area contributed by atoms with Crippen LogP contribution >= 0.6 is 15.9 Å². The van der Waals surface area contributed by atoms with E-state index in [1.165, 1.54) is 0 Å². The third-order valence-corrected chi connectivity index (χ3v) is 3.28. The molecule has 1 fully saturated rings. The molecule has 1 aliphatic rings. The normalized spacial score (nSPS) is 17.4. The maximum Gasteiger partial charge on any atom is 0.132 e. The van der Waals surface area contributed by atoms with Gasteiger partial charge in [0.15, 0.2) is 0 Å². The van der Waals surface area contributed by atoms with Gasteiger partial charge in [-0.05, 0) is 25.8 Å². The van der Waals surface area contributed by atoms with Crippen LogP contribution in [-0.2, 0) is 4.74 Å². The van der Waals surface area contributed by atoms with Crippen LogP contribution in [0.2, 0.25) is 0 Å². The number of aromatic nitrogens is 2. The molecule has 0 radical (unpaired) electrons. The number of ether oxygens (including phenoxy) is 1. The summed E-state index contributed by atoms with van der Waals surface area (Å²) in [5.41, 5.74) is 0. The predicted molar refractivity (Wildman–Crippen MR) is 71.8 cm³/mol. The summed E-state index contributed by atoms with van der Waals surface area (Å²) in [4.78, 5) is 10.9. The molecule has 0 unspecified atom stereocenters. The van der Waals surface area contributed by atoms with Crippen molar-refractivity contribution >= 4 is 21.7 Å². The van der Waals surface area contributed by atoms with Gasteiger partial charge in [0.1, 0.15) is 11.6 Å². The zero-order valence-corrected chi connectivity index (χ0v) is 11.7. The number of alkyl halides is 1. The Hall–Kier alpha value is -0.680. The van der Waals surface area contributed by atoms with Gasteiger partial charge < -0.3 is 9.64 Å². The van der Waals surface area contributed by atoms with E-state index in [4.69, 9.17) is 4.74 Å². The summed E-state index contributed by atoms with van der Waals surface area (Å²) < 4.78 is 5.73. The van der Waals surface area contributed by atoms with Crippen LogP contribution in [0.1, 0.15) is 18.7 Å². The van der Waals surface area contributed by atoms with Crippen LogP contribution in [0, 0.1) is 6.92 Å². The Bertz CT molecular complexity index is 353. The Balaban J connectivity index is 1.86. The molecule has 0 bridgehead atoms. The van der Waals surface area contributed by atoms with Crippen LogP contribution in [-0.4, -0.2) is 41.1 Å². The van der Waals surface area contributed by atoms with E-state index in [1.54, 1.807) is 0 Å². The van der Waals surface area contributed by atoms with Gasteiger partial charge in [0, 0.05) is 24.6 Å². The Kier molecular flexibility index (Phi) is 4.74. The van der Waals surface area contributed by atoms with Gasteiger partial charge in [0.2, 0.25) is 0 Å². The Morgan fingerprint density at radius 1 is 1.47 bits per heavy atom. The first kappa shape index (κ1) is 12.8. The highest BCUT2D eigenvalue weighted by molar-refractivity contribution is 9.09. The van der Waals surface area contributed by atoms with Gasteiger partial charge in [-0.15, -0.1) is 0 Å². The van der Waals surface area contributed by atoms with Crippen molar-refractivity contribution in [3.63, 3.8) is 0 Å². The fourth-order valence-corrected chi connectivity index (χ4v) is 2.27. The first-order chi connectivity index (χ1) is 8.29. The summed E-state index contributed by atoms with van der Waals surface area (Å²) in [6.07, 6.45) is 4.39. The standard InChI is InChI=1S/C12H18BrN3O/c1-10-14-6-2-12(15-10)16-7-3-11(4-8-16)17-9-5-13/h2,6,11H,3-5,7-9H2,1H3. The van der Waals surface area contributed by atoms with Crippen LogP contribution in [0.5, 0.6) is 0 Å². The number of rotatable bonds is 4. The van der Waals surface area contributed by atoms with E-state index < -0.39 is 0 Å². The van der Waals surface area contributed by atoms with E-state index in [9.17, 15) is 0 Å². The van der Waals surface area contributed by atoms with Crippen molar-refractivity contribution in [3.05, 3.63) is 18.1 Å². The maximum atomic E-state index is 5.73. The largest absolute Gasteiger partial charge is 0.377 e. The smallest absolute Gasteiger partial charge is 0.132 e.